The normalized spacial score (nSPS) is 10.6. The van der Waals surface area contributed by atoms with E-state index in [1.807, 2.05) is 24.3 Å². The predicted octanol–water partition coefficient (Wildman–Crippen LogP) is 5.03. The van der Waals surface area contributed by atoms with Crippen molar-refractivity contribution in [2.45, 2.75) is 33.4 Å². The minimum atomic E-state index is 1.04. The summed E-state index contributed by atoms with van der Waals surface area (Å²) in [6.07, 6.45) is 0. The molecule has 2 rings (SSSR count). The summed E-state index contributed by atoms with van der Waals surface area (Å²) in [7, 11) is 0. The zero-order valence-electron chi connectivity index (χ0n) is 9.77. The van der Waals surface area contributed by atoms with E-state index in [-0.39, 0.29) is 0 Å². The summed E-state index contributed by atoms with van der Waals surface area (Å²) < 4.78 is 0. The van der Waals surface area contributed by atoms with Gasteiger partial charge in [-0.1, -0.05) is 23.9 Å². The maximum Gasteiger partial charge on any atom is 0.0162 e. The lowest BCUT2D eigenvalue weighted by Crippen LogP contribution is -1.85. The van der Waals surface area contributed by atoms with Crippen LogP contribution < -0.4 is 0 Å². The molecule has 0 atom stereocenters. The molecular formula is C14H14S3. The van der Waals surface area contributed by atoms with Crippen LogP contribution in [0.25, 0.3) is 0 Å². The number of benzene rings is 2. The van der Waals surface area contributed by atoms with Gasteiger partial charge in [0.1, 0.15) is 0 Å². The van der Waals surface area contributed by atoms with Crippen molar-refractivity contribution in [2.24, 2.45) is 0 Å². The SMILES string of the molecule is Cc1c(S)cccc1Sc1cccc(S)c1C. The molecule has 0 unspecified atom stereocenters. The van der Waals surface area contributed by atoms with Gasteiger partial charge in [-0.25, -0.2) is 0 Å². The third kappa shape index (κ3) is 2.84. The van der Waals surface area contributed by atoms with Crippen molar-refractivity contribution in [3.05, 3.63) is 47.5 Å². The Balaban J connectivity index is 2.38. The standard InChI is InChI=1S/C14H14S3/c1-9-11(15)5-3-7-13(9)17-14-8-4-6-12(16)10(14)2/h3-8,15-16H,1-2H3. The van der Waals surface area contributed by atoms with Crippen LogP contribution in [0.3, 0.4) is 0 Å². The maximum absolute atomic E-state index is 4.45. The first-order chi connectivity index (χ1) is 8.09. The number of hydrogen-bond donors (Lipinski definition) is 2. The number of rotatable bonds is 2. The summed E-state index contributed by atoms with van der Waals surface area (Å²) in [5, 5.41) is 0. The molecule has 17 heavy (non-hydrogen) atoms. The second-order valence-corrected chi connectivity index (χ2v) is 5.95. The first-order valence-electron chi connectivity index (χ1n) is 5.34. The van der Waals surface area contributed by atoms with E-state index in [1.54, 1.807) is 11.8 Å². The van der Waals surface area contributed by atoms with Crippen LogP contribution in [-0.2, 0) is 0 Å². The van der Waals surface area contributed by atoms with Gasteiger partial charge < -0.3 is 0 Å². The highest BCUT2D eigenvalue weighted by Crippen LogP contribution is 2.35. The summed E-state index contributed by atoms with van der Waals surface area (Å²) in [6, 6.07) is 12.4. The highest BCUT2D eigenvalue weighted by Gasteiger charge is 2.06. The fourth-order valence-electron chi connectivity index (χ4n) is 1.55. The summed E-state index contributed by atoms with van der Waals surface area (Å²) in [6.45, 7) is 4.20. The van der Waals surface area contributed by atoms with Gasteiger partial charge in [-0.2, -0.15) is 0 Å². The van der Waals surface area contributed by atoms with Gasteiger partial charge in [-0.3, -0.25) is 0 Å². The molecule has 0 aliphatic carbocycles. The Morgan fingerprint density at radius 1 is 0.765 bits per heavy atom. The molecule has 0 aliphatic rings. The van der Waals surface area contributed by atoms with Crippen molar-refractivity contribution < 1.29 is 0 Å². The molecule has 0 bridgehead atoms. The molecule has 0 amide bonds. The Morgan fingerprint density at radius 2 is 1.18 bits per heavy atom. The maximum atomic E-state index is 4.45. The van der Waals surface area contributed by atoms with Crippen molar-refractivity contribution in [1.29, 1.82) is 0 Å². The zero-order chi connectivity index (χ0) is 12.4. The van der Waals surface area contributed by atoms with Gasteiger partial charge in [-0.15, -0.1) is 25.3 Å². The molecule has 0 aliphatic heterocycles. The van der Waals surface area contributed by atoms with Crippen LogP contribution in [0.4, 0.5) is 0 Å². The number of thiol groups is 2. The Morgan fingerprint density at radius 3 is 1.59 bits per heavy atom. The van der Waals surface area contributed by atoms with Gasteiger partial charge in [0.2, 0.25) is 0 Å². The second-order valence-electron chi connectivity index (χ2n) is 3.90. The molecule has 0 N–H and O–H groups in total. The van der Waals surface area contributed by atoms with E-state index >= 15 is 0 Å². The molecule has 0 saturated heterocycles. The van der Waals surface area contributed by atoms with Crippen molar-refractivity contribution in [3.8, 4) is 0 Å². The molecule has 0 radical (unpaired) electrons. The number of hydrogen-bond acceptors (Lipinski definition) is 3. The van der Waals surface area contributed by atoms with Gasteiger partial charge in [0.15, 0.2) is 0 Å². The minimum Gasteiger partial charge on any atom is -0.143 e. The van der Waals surface area contributed by atoms with Crippen LogP contribution >= 0.6 is 37.0 Å². The quantitative estimate of drug-likeness (QED) is 0.726. The summed E-state index contributed by atoms with van der Waals surface area (Å²) in [4.78, 5) is 4.57. The molecule has 0 saturated carbocycles. The molecule has 0 nitrogen and oxygen atoms in total. The Labute approximate surface area is 118 Å². The zero-order valence-corrected chi connectivity index (χ0v) is 12.4. The van der Waals surface area contributed by atoms with Crippen LogP contribution in [0.15, 0.2) is 56.0 Å². The van der Waals surface area contributed by atoms with E-state index < -0.39 is 0 Å². The van der Waals surface area contributed by atoms with Crippen LogP contribution in [0, 0.1) is 13.8 Å². The summed E-state index contributed by atoms with van der Waals surface area (Å²) in [5.41, 5.74) is 2.45. The van der Waals surface area contributed by atoms with E-state index in [4.69, 9.17) is 0 Å². The van der Waals surface area contributed by atoms with Gasteiger partial charge in [0, 0.05) is 19.6 Å². The molecule has 2 aromatic rings. The first-order valence-corrected chi connectivity index (χ1v) is 7.05. The van der Waals surface area contributed by atoms with Gasteiger partial charge in [-0.05, 0) is 49.2 Å². The van der Waals surface area contributed by atoms with Crippen LogP contribution in [0.2, 0.25) is 0 Å². The lowest BCUT2D eigenvalue weighted by atomic mass is 10.2. The van der Waals surface area contributed by atoms with Crippen LogP contribution in [0.1, 0.15) is 11.1 Å². The average molecular weight is 278 g/mol. The molecule has 0 fully saturated rings. The lowest BCUT2D eigenvalue weighted by Gasteiger charge is -2.10. The van der Waals surface area contributed by atoms with Gasteiger partial charge in [0.25, 0.3) is 0 Å². The molecule has 2 aromatic carbocycles. The van der Waals surface area contributed by atoms with Crippen molar-refractivity contribution >= 4 is 37.0 Å². The second kappa shape index (κ2) is 5.42. The fourth-order valence-corrected chi connectivity index (χ4v) is 3.17. The predicted molar refractivity (Wildman–Crippen MR) is 81.0 cm³/mol. The third-order valence-corrected chi connectivity index (χ3v) is 5.02. The van der Waals surface area contributed by atoms with E-state index in [2.05, 4.69) is 51.2 Å². The van der Waals surface area contributed by atoms with Gasteiger partial charge in [0.05, 0.1) is 0 Å². The van der Waals surface area contributed by atoms with E-state index in [9.17, 15) is 0 Å². The minimum absolute atomic E-state index is 1.04. The van der Waals surface area contributed by atoms with Crippen molar-refractivity contribution in [2.75, 3.05) is 0 Å². The van der Waals surface area contributed by atoms with Crippen LogP contribution in [0.5, 0.6) is 0 Å². The monoisotopic (exact) mass is 278 g/mol. The highest BCUT2D eigenvalue weighted by molar-refractivity contribution is 7.99. The van der Waals surface area contributed by atoms with E-state index in [1.165, 1.54) is 20.9 Å². The third-order valence-electron chi connectivity index (χ3n) is 2.73. The molecular weight excluding hydrogens is 264 g/mol. The summed E-state index contributed by atoms with van der Waals surface area (Å²) in [5.74, 6) is 0. The van der Waals surface area contributed by atoms with Crippen molar-refractivity contribution in [1.82, 2.24) is 0 Å². The molecule has 0 heterocycles. The Bertz CT molecular complexity index is 498. The summed E-state index contributed by atoms with van der Waals surface area (Å²) >= 11 is 10.7. The van der Waals surface area contributed by atoms with E-state index in [0.29, 0.717) is 0 Å². The molecule has 0 aromatic heterocycles. The van der Waals surface area contributed by atoms with E-state index in [0.717, 1.165) is 9.79 Å². The molecule has 3 heteroatoms. The average Bonchev–Trinajstić information content (AvgIpc) is 2.31. The lowest BCUT2D eigenvalue weighted by molar-refractivity contribution is 1.17. The Hall–Kier alpha value is -0.510. The van der Waals surface area contributed by atoms with Crippen molar-refractivity contribution in [3.63, 3.8) is 0 Å². The smallest absolute Gasteiger partial charge is 0.0162 e. The topological polar surface area (TPSA) is 0 Å². The van der Waals surface area contributed by atoms with Gasteiger partial charge >= 0.3 is 0 Å². The fraction of sp³-hybridized carbons (Fsp3) is 0.143. The highest BCUT2D eigenvalue weighted by atomic mass is 32.2. The molecule has 0 spiro atoms. The largest absolute Gasteiger partial charge is 0.143 e. The van der Waals surface area contributed by atoms with Crippen LogP contribution in [-0.4, -0.2) is 0 Å². The first kappa shape index (κ1) is 12.9. The molecule has 88 valence electrons. The Kier molecular flexibility index (Phi) is 4.13.